The van der Waals surface area contributed by atoms with Gasteiger partial charge in [-0.15, -0.1) is 22.7 Å². The van der Waals surface area contributed by atoms with Gasteiger partial charge in [0.1, 0.15) is 11.0 Å². The van der Waals surface area contributed by atoms with E-state index in [1.54, 1.807) is 31.0 Å². The van der Waals surface area contributed by atoms with Crippen LogP contribution in [0.5, 0.6) is 0 Å². The molecule has 15 heteroatoms. The van der Waals surface area contributed by atoms with Gasteiger partial charge >= 0.3 is 0 Å². The van der Waals surface area contributed by atoms with Gasteiger partial charge in [0.15, 0.2) is 17.6 Å². The molecule has 600 valence electrons. The topological polar surface area (TPSA) is 166 Å². The number of nitrogens with one attached hydrogen (secondary N) is 2. The number of nitrogens with zero attached hydrogens (tertiary/aromatic N) is 9. The molecule has 0 amide bonds. The van der Waals surface area contributed by atoms with E-state index in [0.717, 1.165) is 94.6 Å². The summed E-state index contributed by atoms with van der Waals surface area (Å²) in [5, 5.41) is 11.6. The number of fused-ring (bicyclic) bond motifs is 6. The molecule has 2 aliphatic rings. The van der Waals surface area contributed by atoms with Crippen LogP contribution >= 0.6 is 22.7 Å². The third-order valence-electron chi connectivity index (χ3n) is 11.9. The van der Waals surface area contributed by atoms with E-state index in [1.165, 1.54) is 37.6 Å². The van der Waals surface area contributed by atoms with Crippen LogP contribution in [0, 0.1) is 16.2 Å². The molecule has 0 unspecified atom stereocenters. The Morgan fingerprint density at radius 2 is 0.804 bits per heavy atom. The van der Waals surface area contributed by atoms with Crippen LogP contribution in [-0.2, 0) is 47.6 Å². The van der Waals surface area contributed by atoms with E-state index < -0.39 is 0 Å². The van der Waals surface area contributed by atoms with Gasteiger partial charge in [0, 0.05) is 112 Å². The highest BCUT2D eigenvalue weighted by Gasteiger charge is 2.25. The van der Waals surface area contributed by atoms with Gasteiger partial charge in [-0.2, -0.15) is 0 Å². The molecule has 11 heterocycles. The van der Waals surface area contributed by atoms with E-state index in [4.69, 9.17) is 13.8 Å². The summed E-state index contributed by atoms with van der Waals surface area (Å²) in [6.45, 7) is 84.5. The normalized spacial score (nSPS) is 11.5. The third kappa shape index (κ3) is 50.2. The summed E-state index contributed by atoms with van der Waals surface area (Å²) in [5.74, 6) is 0.800. The summed E-state index contributed by atoms with van der Waals surface area (Å²) in [5.41, 5.74) is 11.2. The zero-order valence-corrected chi connectivity index (χ0v) is 76.5. The average Bonchev–Trinajstić information content (AvgIpc) is 1.54. The van der Waals surface area contributed by atoms with Crippen LogP contribution in [0.3, 0.4) is 0 Å². The standard InChI is InChI=1S/C12H14N2.C11H13NO.2C10H16N2S.C8H6N2.C7H5NO.C5H5N.3C5H12.7C2H6/c1-12(2,3)11-10-9(6-8-14-11)5-4-7-13-10;1-11(2,3)10-12-8-6-4-5-7-9(8)13-10;1-10(2,3)9-12-7-6-11-5-4-8(7)13-9;1-10(2,3)9-12-7-4-5-11-6-8(7)13-9;1-2-7-3-5-9-6-8(7)10-4-1;1-2-4-7-6(3-1)8-5-9-7;1-2-4-6-5-3-1;3*1-5(2,3)4;7*1-2/h4-8H,1-3H3;4-7H,1-3H3;2*11H,4-6H2,1-3H3;1-6H;1-5H;1-5H;3*1-4H3;7*1-2H3. The highest BCUT2D eigenvalue weighted by Crippen LogP contribution is 2.33. The second kappa shape index (κ2) is 57.0. The van der Waals surface area contributed by atoms with E-state index in [2.05, 4.69) is 223 Å². The molecule has 2 aromatic carbocycles. The number of para-hydroxylation sites is 4. The van der Waals surface area contributed by atoms with Gasteiger partial charge in [0.2, 0.25) is 5.89 Å². The van der Waals surface area contributed by atoms with Crippen LogP contribution in [0.4, 0.5) is 0 Å². The summed E-state index contributed by atoms with van der Waals surface area (Å²) < 4.78 is 10.6. The third-order valence-corrected chi connectivity index (χ3v) is 15.0. The minimum Gasteiger partial charge on any atom is -0.443 e. The summed E-state index contributed by atoms with van der Waals surface area (Å²) in [6.07, 6.45) is 16.2. The largest absolute Gasteiger partial charge is 0.443 e. The number of hydrogen-bond acceptors (Lipinski definition) is 15. The van der Waals surface area contributed by atoms with E-state index >= 15 is 0 Å². The monoisotopic (exact) mass is 1510 g/mol. The minimum atomic E-state index is -0.0149. The van der Waals surface area contributed by atoms with Crippen molar-refractivity contribution in [3.05, 3.63) is 196 Å². The molecule has 11 aromatic rings. The Kier molecular flexibility index (Phi) is 56.6. The second-order valence-corrected chi connectivity index (χ2v) is 33.9. The number of aromatic nitrogens is 9. The molecule has 0 saturated carbocycles. The number of rotatable bonds is 0. The molecule has 0 saturated heterocycles. The molecule has 9 aromatic heterocycles. The molecule has 0 bridgehead atoms. The zero-order chi connectivity index (χ0) is 83.3. The SMILES string of the molecule is CC.CC.CC.CC.CC.CC.CC.CC(C)(C)C.CC(C)(C)C.CC(C)(C)C.CC(C)(C)c1nc2c(s1)CCNC2.CC(C)(C)c1nc2c(s1)CNCC2.CC(C)(C)c1nc2ccccc2o1.CC(C)(C)c1nccc2cccnc12.c1ccc2ocnc2c1.c1ccncc1.c1cnc2cnccc2c1. The van der Waals surface area contributed by atoms with Crippen molar-refractivity contribution in [3.8, 4) is 0 Å². The Labute approximate surface area is 662 Å². The molecule has 0 aliphatic carbocycles. The molecule has 13 nitrogen and oxygen atoms in total. The van der Waals surface area contributed by atoms with Crippen LogP contribution in [0.25, 0.3) is 44.0 Å². The van der Waals surface area contributed by atoms with Crippen molar-refractivity contribution in [2.75, 3.05) is 13.1 Å². The van der Waals surface area contributed by atoms with Gasteiger partial charge in [-0.1, -0.05) is 306 Å². The van der Waals surface area contributed by atoms with E-state index in [9.17, 15) is 0 Å². The molecular weight excluding hydrogens is 1360 g/mol. The number of oxazole rings is 2. The van der Waals surface area contributed by atoms with Gasteiger partial charge in [0.05, 0.1) is 44.3 Å². The van der Waals surface area contributed by atoms with Crippen molar-refractivity contribution >= 4 is 66.7 Å². The molecule has 13 rings (SSSR count). The first kappa shape index (κ1) is 106. The van der Waals surface area contributed by atoms with Crippen molar-refractivity contribution in [1.29, 1.82) is 0 Å². The molecule has 0 spiro atoms. The lowest BCUT2D eigenvalue weighted by Crippen LogP contribution is -2.22. The summed E-state index contributed by atoms with van der Waals surface area (Å²) in [7, 11) is 0. The lowest BCUT2D eigenvalue weighted by Gasteiger charge is -2.18. The van der Waals surface area contributed by atoms with Crippen molar-refractivity contribution in [2.24, 2.45) is 16.2 Å². The maximum atomic E-state index is 5.62. The van der Waals surface area contributed by atoms with Crippen LogP contribution in [0.2, 0.25) is 0 Å². The average molecular weight is 1510 g/mol. The number of pyridine rings is 5. The predicted molar refractivity (Wildman–Crippen MR) is 476 cm³/mol. The van der Waals surface area contributed by atoms with E-state index in [0.29, 0.717) is 16.2 Å². The maximum Gasteiger partial charge on any atom is 0.200 e. The van der Waals surface area contributed by atoms with Gasteiger partial charge in [-0.3, -0.25) is 24.9 Å². The van der Waals surface area contributed by atoms with Crippen LogP contribution in [-0.4, -0.2) is 57.9 Å². The Hall–Kier alpha value is -7.17. The van der Waals surface area contributed by atoms with Crippen LogP contribution in [0.1, 0.15) is 306 Å². The van der Waals surface area contributed by atoms with Crippen LogP contribution < -0.4 is 10.6 Å². The first-order valence-corrected chi connectivity index (χ1v) is 41.1. The van der Waals surface area contributed by atoms with Gasteiger partial charge in [-0.25, -0.2) is 19.9 Å². The van der Waals surface area contributed by atoms with E-state index in [1.807, 2.05) is 229 Å². The quantitative estimate of drug-likeness (QED) is 0.147. The molecule has 107 heavy (non-hydrogen) atoms. The van der Waals surface area contributed by atoms with Crippen molar-refractivity contribution in [1.82, 2.24) is 55.5 Å². The number of hydrogen-bond donors (Lipinski definition) is 2. The molecule has 0 atom stereocenters. The van der Waals surface area contributed by atoms with Crippen molar-refractivity contribution in [3.63, 3.8) is 0 Å². The highest BCUT2D eigenvalue weighted by molar-refractivity contribution is 7.12. The fraction of sp³-hybridized carbons (Fsp3) is 0.554. The number of benzene rings is 2. The lowest BCUT2D eigenvalue weighted by molar-refractivity contribution is 0.411. The molecule has 0 fully saturated rings. The van der Waals surface area contributed by atoms with Gasteiger partial charge < -0.3 is 19.5 Å². The minimum absolute atomic E-state index is 0.0149. The summed E-state index contributed by atoms with van der Waals surface area (Å²) >= 11 is 3.76. The molecule has 2 aliphatic heterocycles. The zero-order valence-electron chi connectivity index (χ0n) is 74.8. The summed E-state index contributed by atoms with van der Waals surface area (Å²) in [4.78, 5) is 41.3. The smallest absolute Gasteiger partial charge is 0.200 e. The first-order chi connectivity index (χ1) is 50.2. The fourth-order valence-electron chi connectivity index (χ4n) is 7.67. The van der Waals surface area contributed by atoms with E-state index in [-0.39, 0.29) is 21.7 Å². The van der Waals surface area contributed by atoms with Gasteiger partial charge in [0.25, 0.3) is 0 Å². The van der Waals surface area contributed by atoms with Crippen LogP contribution in [0.15, 0.2) is 162 Å². The Balaban J connectivity index is -0.000000550. The van der Waals surface area contributed by atoms with Gasteiger partial charge in [-0.05, 0) is 83.3 Å². The summed E-state index contributed by atoms with van der Waals surface area (Å²) in [6, 6.07) is 33.1. The lowest BCUT2D eigenvalue weighted by atomic mass is 9.90. The van der Waals surface area contributed by atoms with Crippen molar-refractivity contribution in [2.45, 2.75) is 311 Å². The number of thiazole rings is 2. The Morgan fingerprint density at radius 1 is 0.346 bits per heavy atom. The first-order valence-electron chi connectivity index (χ1n) is 39.5. The molecule has 0 radical (unpaired) electrons. The maximum absolute atomic E-state index is 5.62. The predicted octanol–water partition coefficient (Wildman–Crippen LogP) is 28.1. The van der Waals surface area contributed by atoms with Crippen molar-refractivity contribution < 1.29 is 8.83 Å². The fourth-order valence-corrected chi connectivity index (χ4v) is 9.94. The Bertz CT molecular complexity index is 3560. The highest BCUT2D eigenvalue weighted by atomic mass is 32.1. The second-order valence-electron chi connectivity index (χ2n) is 31.8. The molecule has 2 N–H and O–H groups in total. The molecular formula is C92H153N11O2S2. The Morgan fingerprint density at radius 3 is 1.25 bits per heavy atom.